The zero-order valence-electron chi connectivity index (χ0n) is 12.9. The van der Waals surface area contributed by atoms with Crippen molar-refractivity contribution in [2.24, 2.45) is 5.92 Å². The van der Waals surface area contributed by atoms with Gasteiger partial charge < -0.3 is 10.6 Å². The third kappa shape index (κ3) is 3.81. The van der Waals surface area contributed by atoms with Crippen molar-refractivity contribution in [2.45, 2.75) is 58.0 Å². The zero-order valence-corrected chi connectivity index (χ0v) is 12.9. The molecule has 2 aliphatic rings. The van der Waals surface area contributed by atoms with E-state index >= 15 is 0 Å². The van der Waals surface area contributed by atoms with E-state index < -0.39 is 6.04 Å². The van der Waals surface area contributed by atoms with E-state index in [0.717, 1.165) is 25.7 Å². The fourth-order valence-electron chi connectivity index (χ4n) is 2.77. The SMILES string of the molecule is CCC(CC)N1C(=O)CC(NCCNC(=O)C2CC2)C1=O. The highest BCUT2D eigenvalue weighted by molar-refractivity contribution is 6.05. The molecule has 0 aromatic carbocycles. The van der Waals surface area contributed by atoms with Crippen molar-refractivity contribution in [1.82, 2.24) is 15.5 Å². The van der Waals surface area contributed by atoms with Gasteiger partial charge in [0.2, 0.25) is 17.7 Å². The lowest BCUT2D eigenvalue weighted by Crippen LogP contribution is -2.45. The van der Waals surface area contributed by atoms with E-state index in [0.29, 0.717) is 13.1 Å². The first kappa shape index (κ1) is 15.9. The van der Waals surface area contributed by atoms with Crippen molar-refractivity contribution in [3.05, 3.63) is 0 Å². The molecule has 1 aliphatic heterocycles. The Hall–Kier alpha value is -1.43. The van der Waals surface area contributed by atoms with Gasteiger partial charge >= 0.3 is 0 Å². The van der Waals surface area contributed by atoms with Gasteiger partial charge in [-0.3, -0.25) is 19.3 Å². The summed E-state index contributed by atoms with van der Waals surface area (Å²) in [6.07, 6.45) is 3.78. The van der Waals surface area contributed by atoms with Crippen LogP contribution < -0.4 is 10.6 Å². The number of amides is 3. The fourth-order valence-corrected chi connectivity index (χ4v) is 2.77. The number of hydrogen-bond donors (Lipinski definition) is 2. The molecule has 118 valence electrons. The number of carbonyl (C=O) groups is 3. The molecule has 3 amide bonds. The predicted octanol–water partition coefficient (Wildman–Crippen LogP) is 0.418. The Morgan fingerprint density at radius 3 is 2.48 bits per heavy atom. The highest BCUT2D eigenvalue weighted by atomic mass is 16.2. The highest BCUT2D eigenvalue weighted by Gasteiger charge is 2.40. The second-order valence-corrected chi connectivity index (χ2v) is 5.85. The van der Waals surface area contributed by atoms with Crippen molar-refractivity contribution in [1.29, 1.82) is 0 Å². The highest BCUT2D eigenvalue weighted by Crippen LogP contribution is 2.28. The van der Waals surface area contributed by atoms with Crippen LogP contribution in [0.1, 0.15) is 46.0 Å². The molecule has 2 N–H and O–H groups in total. The molecule has 0 bridgehead atoms. The van der Waals surface area contributed by atoms with E-state index in [9.17, 15) is 14.4 Å². The summed E-state index contributed by atoms with van der Waals surface area (Å²) in [5.41, 5.74) is 0. The quantitative estimate of drug-likeness (QED) is 0.502. The van der Waals surface area contributed by atoms with Crippen molar-refractivity contribution in [3.8, 4) is 0 Å². The summed E-state index contributed by atoms with van der Waals surface area (Å²) in [4.78, 5) is 37.2. The first-order chi connectivity index (χ1) is 10.1. The smallest absolute Gasteiger partial charge is 0.247 e. The number of nitrogens with zero attached hydrogens (tertiary/aromatic N) is 1. The minimum Gasteiger partial charge on any atom is -0.355 e. The van der Waals surface area contributed by atoms with E-state index in [1.54, 1.807) is 0 Å². The number of likely N-dealkylation sites (tertiary alicyclic amines) is 1. The molecule has 0 aromatic rings. The third-order valence-corrected chi connectivity index (χ3v) is 4.25. The van der Waals surface area contributed by atoms with Crippen LogP contribution in [0.2, 0.25) is 0 Å². The Labute approximate surface area is 125 Å². The molecule has 6 nitrogen and oxygen atoms in total. The molecule has 1 aliphatic carbocycles. The number of nitrogens with one attached hydrogen (secondary N) is 2. The van der Waals surface area contributed by atoms with Gasteiger partial charge in [-0.05, 0) is 25.7 Å². The summed E-state index contributed by atoms with van der Waals surface area (Å²) in [7, 11) is 0. The summed E-state index contributed by atoms with van der Waals surface area (Å²) in [6, 6.07) is -0.428. The van der Waals surface area contributed by atoms with E-state index in [1.165, 1.54) is 4.90 Å². The number of hydrogen-bond acceptors (Lipinski definition) is 4. The molecular weight excluding hydrogens is 270 g/mol. The van der Waals surface area contributed by atoms with Gasteiger partial charge in [-0.2, -0.15) is 0 Å². The molecule has 0 spiro atoms. The van der Waals surface area contributed by atoms with Crippen LogP contribution in [0.5, 0.6) is 0 Å². The molecule has 1 saturated carbocycles. The van der Waals surface area contributed by atoms with Gasteiger partial charge in [-0.1, -0.05) is 13.8 Å². The third-order valence-electron chi connectivity index (χ3n) is 4.25. The van der Waals surface area contributed by atoms with Crippen molar-refractivity contribution in [3.63, 3.8) is 0 Å². The number of carbonyl (C=O) groups excluding carboxylic acids is 3. The van der Waals surface area contributed by atoms with Crippen LogP contribution in [0, 0.1) is 5.92 Å². The van der Waals surface area contributed by atoms with Crippen LogP contribution in [0.25, 0.3) is 0 Å². The molecular formula is C15H25N3O3. The van der Waals surface area contributed by atoms with Gasteiger partial charge in [0.05, 0.1) is 12.5 Å². The molecule has 1 heterocycles. The van der Waals surface area contributed by atoms with Gasteiger partial charge in [0.25, 0.3) is 0 Å². The van der Waals surface area contributed by atoms with Crippen molar-refractivity contribution < 1.29 is 14.4 Å². The molecule has 2 fully saturated rings. The van der Waals surface area contributed by atoms with E-state index in [4.69, 9.17) is 0 Å². The lowest BCUT2D eigenvalue weighted by Gasteiger charge is -2.24. The minimum atomic E-state index is -0.434. The Bertz CT molecular complexity index is 416. The first-order valence-electron chi connectivity index (χ1n) is 7.95. The molecule has 6 heteroatoms. The lowest BCUT2D eigenvalue weighted by atomic mass is 10.1. The predicted molar refractivity (Wildman–Crippen MR) is 78.4 cm³/mol. The summed E-state index contributed by atoms with van der Waals surface area (Å²) in [5, 5.41) is 5.92. The standard InChI is InChI=1S/C15H25N3O3/c1-3-11(4-2)18-13(19)9-12(15(18)21)16-7-8-17-14(20)10-5-6-10/h10-12,16H,3-9H2,1-2H3,(H,17,20). The Balaban J connectivity index is 1.75. The van der Waals surface area contributed by atoms with Crippen molar-refractivity contribution >= 4 is 17.7 Å². The second kappa shape index (κ2) is 7.02. The summed E-state index contributed by atoms with van der Waals surface area (Å²) in [5.74, 6) is 0.0877. The van der Waals surface area contributed by atoms with Gasteiger partial charge in [0, 0.05) is 25.0 Å². The van der Waals surface area contributed by atoms with Gasteiger partial charge in [-0.15, -0.1) is 0 Å². The zero-order chi connectivity index (χ0) is 15.4. The Morgan fingerprint density at radius 2 is 1.90 bits per heavy atom. The van der Waals surface area contributed by atoms with E-state index in [2.05, 4.69) is 10.6 Å². The van der Waals surface area contributed by atoms with Crippen LogP contribution in [-0.4, -0.2) is 47.8 Å². The van der Waals surface area contributed by atoms with Crippen LogP contribution in [0.15, 0.2) is 0 Å². The lowest BCUT2D eigenvalue weighted by molar-refractivity contribution is -0.141. The first-order valence-corrected chi connectivity index (χ1v) is 7.95. The molecule has 0 aromatic heterocycles. The van der Waals surface area contributed by atoms with Gasteiger partial charge in [0.15, 0.2) is 0 Å². The summed E-state index contributed by atoms with van der Waals surface area (Å²) < 4.78 is 0. The summed E-state index contributed by atoms with van der Waals surface area (Å²) >= 11 is 0. The Kier molecular flexibility index (Phi) is 5.33. The van der Waals surface area contributed by atoms with Crippen LogP contribution in [0.4, 0.5) is 0 Å². The molecule has 21 heavy (non-hydrogen) atoms. The van der Waals surface area contributed by atoms with Gasteiger partial charge in [0.1, 0.15) is 0 Å². The maximum absolute atomic E-state index is 12.3. The van der Waals surface area contributed by atoms with Crippen LogP contribution in [-0.2, 0) is 14.4 Å². The van der Waals surface area contributed by atoms with Gasteiger partial charge in [-0.25, -0.2) is 0 Å². The minimum absolute atomic E-state index is 0.00590. The number of rotatable bonds is 8. The monoisotopic (exact) mass is 295 g/mol. The number of imide groups is 1. The van der Waals surface area contributed by atoms with E-state index in [1.807, 2.05) is 13.8 Å². The van der Waals surface area contributed by atoms with Crippen LogP contribution in [0.3, 0.4) is 0 Å². The maximum Gasteiger partial charge on any atom is 0.247 e. The Morgan fingerprint density at radius 1 is 1.24 bits per heavy atom. The molecule has 2 rings (SSSR count). The molecule has 1 unspecified atom stereocenters. The topological polar surface area (TPSA) is 78.5 Å². The second-order valence-electron chi connectivity index (χ2n) is 5.85. The summed E-state index contributed by atoms with van der Waals surface area (Å²) in [6.45, 7) is 4.99. The van der Waals surface area contributed by atoms with Crippen LogP contribution >= 0.6 is 0 Å². The fraction of sp³-hybridized carbons (Fsp3) is 0.800. The molecule has 1 atom stereocenters. The average Bonchev–Trinajstić information content (AvgIpc) is 3.27. The normalized spacial score (nSPS) is 22.2. The average molecular weight is 295 g/mol. The molecule has 0 radical (unpaired) electrons. The maximum atomic E-state index is 12.3. The van der Waals surface area contributed by atoms with E-state index in [-0.39, 0.29) is 36.1 Å². The molecule has 1 saturated heterocycles. The largest absolute Gasteiger partial charge is 0.355 e. The van der Waals surface area contributed by atoms with Crippen molar-refractivity contribution in [2.75, 3.05) is 13.1 Å².